The van der Waals surface area contributed by atoms with Crippen LogP contribution in [0.3, 0.4) is 0 Å². The molecule has 0 radical (unpaired) electrons. The van der Waals surface area contributed by atoms with Crippen molar-refractivity contribution in [1.82, 2.24) is 4.90 Å². The summed E-state index contributed by atoms with van der Waals surface area (Å²) in [5.74, 6) is -0.996. The van der Waals surface area contributed by atoms with Crippen LogP contribution in [-0.4, -0.2) is 48.8 Å². The van der Waals surface area contributed by atoms with Gasteiger partial charge in [0.15, 0.2) is 0 Å². The van der Waals surface area contributed by atoms with Crippen LogP contribution < -0.4 is 5.32 Å². The van der Waals surface area contributed by atoms with Gasteiger partial charge in [-0.05, 0) is 30.7 Å². The molecule has 2 N–H and O–H groups in total. The number of hydrogen-bond acceptors (Lipinski definition) is 3. The molecule has 6 nitrogen and oxygen atoms in total. The zero-order chi connectivity index (χ0) is 15.7. The number of amides is 2. The highest BCUT2D eigenvalue weighted by Gasteiger charge is 2.10. The molecule has 21 heavy (non-hydrogen) atoms. The van der Waals surface area contributed by atoms with Crippen molar-refractivity contribution in [3.63, 3.8) is 0 Å². The van der Waals surface area contributed by atoms with E-state index in [9.17, 15) is 9.59 Å². The Hall–Kier alpha value is -2.34. The number of carbonyl (C=O) groups excluding carboxylic acids is 1. The lowest BCUT2D eigenvalue weighted by Gasteiger charge is -2.20. The van der Waals surface area contributed by atoms with Crippen LogP contribution in [-0.2, 0) is 9.53 Å². The summed E-state index contributed by atoms with van der Waals surface area (Å²) in [6.45, 7) is 3.50. The third kappa shape index (κ3) is 6.09. The van der Waals surface area contributed by atoms with Gasteiger partial charge >= 0.3 is 12.0 Å². The topological polar surface area (TPSA) is 78.9 Å². The van der Waals surface area contributed by atoms with Gasteiger partial charge in [0.05, 0.1) is 6.61 Å². The van der Waals surface area contributed by atoms with E-state index >= 15 is 0 Å². The highest BCUT2D eigenvalue weighted by Crippen LogP contribution is 2.11. The smallest absolute Gasteiger partial charge is 0.328 e. The number of carbonyl (C=O) groups is 2. The first-order chi connectivity index (χ1) is 10.1. The van der Waals surface area contributed by atoms with E-state index in [1.165, 1.54) is 6.08 Å². The standard InChI is InChI=1S/C15H20N2O4/c1-3-17(10-11-21-2)15(20)16-13-7-4-12(5-8-13)6-9-14(18)19/h4-9H,3,10-11H2,1-2H3,(H,16,20)(H,18,19). The van der Waals surface area contributed by atoms with Crippen molar-refractivity contribution in [3.05, 3.63) is 35.9 Å². The van der Waals surface area contributed by atoms with Crippen LogP contribution in [0.25, 0.3) is 6.08 Å². The second kappa shape index (κ2) is 8.76. The predicted molar refractivity (Wildman–Crippen MR) is 81.3 cm³/mol. The number of benzene rings is 1. The third-order valence-corrected chi connectivity index (χ3v) is 2.81. The van der Waals surface area contributed by atoms with Gasteiger partial charge in [0.2, 0.25) is 0 Å². The maximum absolute atomic E-state index is 12.0. The van der Waals surface area contributed by atoms with E-state index in [0.717, 1.165) is 11.6 Å². The summed E-state index contributed by atoms with van der Waals surface area (Å²) in [5, 5.41) is 11.3. The van der Waals surface area contributed by atoms with Crippen LogP contribution in [0.1, 0.15) is 12.5 Å². The molecule has 2 amide bonds. The molecule has 0 saturated carbocycles. The summed E-state index contributed by atoms with van der Waals surface area (Å²) in [4.78, 5) is 24.1. The van der Waals surface area contributed by atoms with Gasteiger partial charge in [0.1, 0.15) is 0 Å². The van der Waals surface area contributed by atoms with E-state index in [4.69, 9.17) is 9.84 Å². The Morgan fingerprint density at radius 2 is 2.00 bits per heavy atom. The van der Waals surface area contributed by atoms with Crippen molar-refractivity contribution in [3.8, 4) is 0 Å². The number of nitrogens with zero attached hydrogens (tertiary/aromatic N) is 1. The molecule has 0 heterocycles. The lowest BCUT2D eigenvalue weighted by molar-refractivity contribution is -0.131. The first-order valence-corrected chi connectivity index (χ1v) is 6.62. The van der Waals surface area contributed by atoms with Crippen molar-refractivity contribution < 1.29 is 19.4 Å². The number of ether oxygens (including phenoxy) is 1. The van der Waals surface area contributed by atoms with E-state index in [-0.39, 0.29) is 6.03 Å². The molecule has 0 aliphatic carbocycles. The fourth-order valence-corrected chi connectivity index (χ4v) is 1.65. The van der Waals surface area contributed by atoms with Crippen LogP contribution in [0, 0.1) is 0 Å². The molecule has 1 aromatic rings. The molecular weight excluding hydrogens is 272 g/mol. The largest absolute Gasteiger partial charge is 0.478 e. The average molecular weight is 292 g/mol. The van der Waals surface area contributed by atoms with Crippen LogP contribution in [0.15, 0.2) is 30.3 Å². The minimum Gasteiger partial charge on any atom is -0.478 e. The van der Waals surface area contributed by atoms with Gasteiger partial charge < -0.3 is 20.1 Å². The summed E-state index contributed by atoms with van der Waals surface area (Å²) in [5.41, 5.74) is 1.41. The molecule has 0 bridgehead atoms. The second-order valence-electron chi connectivity index (χ2n) is 4.30. The summed E-state index contributed by atoms with van der Waals surface area (Å²) < 4.78 is 4.96. The molecule has 0 spiro atoms. The molecule has 1 rings (SSSR count). The number of anilines is 1. The van der Waals surface area contributed by atoms with Crippen molar-refractivity contribution in [2.75, 3.05) is 32.1 Å². The molecular formula is C15H20N2O4. The van der Waals surface area contributed by atoms with E-state index in [2.05, 4.69) is 5.32 Å². The van der Waals surface area contributed by atoms with E-state index in [0.29, 0.717) is 25.4 Å². The van der Waals surface area contributed by atoms with Gasteiger partial charge in [0, 0.05) is 32.0 Å². The van der Waals surface area contributed by atoms with Crippen LogP contribution in [0.5, 0.6) is 0 Å². The lowest BCUT2D eigenvalue weighted by atomic mass is 10.2. The maximum atomic E-state index is 12.0. The van der Waals surface area contributed by atoms with Crippen molar-refractivity contribution in [2.45, 2.75) is 6.92 Å². The number of urea groups is 1. The zero-order valence-electron chi connectivity index (χ0n) is 12.2. The molecule has 0 atom stereocenters. The monoisotopic (exact) mass is 292 g/mol. The molecule has 0 aliphatic heterocycles. The number of rotatable bonds is 7. The Kier molecular flexibility index (Phi) is 6.97. The summed E-state index contributed by atoms with van der Waals surface area (Å²) in [7, 11) is 1.59. The van der Waals surface area contributed by atoms with Gasteiger partial charge in [-0.15, -0.1) is 0 Å². The van der Waals surface area contributed by atoms with Crippen molar-refractivity contribution >= 4 is 23.8 Å². The quantitative estimate of drug-likeness (QED) is 0.756. The molecule has 0 saturated heterocycles. The minimum atomic E-state index is -0.996. The van der Waals surface area contributed by atoms with E-state index < -0.39 is 5.97 Å². The summed E-state index contributed by atoms with van der Waals surface area (Å²) in [6.07, 6.45) is 2.56. The molecule has 0 fully saturated rings. The molecule has 6 heteroatoms. The molecule has 0 unspecified atom stereocenters. The Morgan fingerprint density at radius 3 is 2.52 bits per heavy atom. The predicted octanol–water partition coefficient (Wildman–Crippen LogP) is 2.28. The number of hydrogen-bond donors (Lipinski definition) is 2. The Balaban J connectivity index is 2.62. The van der Waals surface area contributed by atoms with E-state index in [1.807, 2.05) is 6.92 Å². The fraction of sp³-hybridized carbons (Fsp3) is 0.333. The Bertz CT molecular complexity index is 497. The van der Waals surface area contributed by atoms with E-state index in [1.54, 1.807) is 36.3 Å². The fourth-order valence-electron chi connectivity index (χ4n) is 1.65. The van der Waals surface area contributed by atoms with Gasteiger partial charge in [-0.2, -0.15) is 0 Å². The maximum Gasteiger partial charge on any atom is 0.328 e. The average Bonchev–Trinajstić information content (AvgIpc) is 2.47. The summed E-state index contributed by atoms with van der Waals surface area (Å²) >= 11 is 0. The number of nitrogens with one attached hydrogen (secondary N) is 1. The second-order valence-corrected chi connectivity index (χ2v) is 4.30. The van der Waals surface area contributed by atoms with Gasteiger partial charge in [-0.1, -0.05) is 12.1 Å². The van der Waals surface area contributed by atoms with Gasteiger partial charge in [-0.25, -0.2) is 9.59 Å². The highest BCUT2D eigenvalue weighted by atomic mass is 16.5. The Labute approximate surface area is 124 Å². The number of methoxy groups -OCH3 is 1. The highest BCUT2D eigenvalue weighted by molar-refractivity contribution is 5.89. The number of likely N-dealkylation sites (N-methyl/N-ethyl adjacent to an activating group) is 1. The molecule has 1 aromatic carbocycles. The SMILES string of the molecule is CCN(CCOC)C(=O)Nc1ccc(C=CC(=O)O)cc1. The third-order valence-electron chi connectivity index (χ3n) is 2.81. The Morgan fingerprint density at radius 1 is 1.33 bits per heavy atom. The first kappa shape index (κ1) is 16.7. The normalized spacial score (nSPS) is 10.6. The summed E-state index contributed by atoms with van der Waals surface area (Å²) in [6, 6.07) is 6.73. The lowest BCUT2D eigenvalue weighted by Crippen LogP contribution is -2.37. The van der Waals surface area contributed by atoms with Crippen LogP contribution in [0.4, 0.5) is 10.5 Å². The van der Waals surface area contributed by atoms with Crippen LogP contribution in [0.2, 0.25) is 0 Å². The van der Waals surface area contributed by atoms with Gasteiger partial charge in [0.25, 0.3) is 0 Å². The van der Waals surface area contributed by atoms with Crippen LogP contribution >= 0.6 is 0 Å². The van der Waals surface area contributed by atoms with Crippen molar-refractivity contribution in [1.29, 1.82) is 0 Å². The first-order valence-electron chi connectivity index (χ1n) is 6.62. The molecule has 0 aromatic heterocycles. The number of carboxylic acids is 1. The molecule has 0 aliphatic rings. The number of aliphatic carboxylic acids is 1. The molecule has 114 valence electrons. The number of carboxylic acid groups (broad SMARTS) is 1. The minimum absolute atomic E-state index is 0.191. The zero-order valence-corrected chi connectivity index (χ0v) is 12.2. The van der Waals surface area contributed by atoms with Gasteiger partial charge in [-0.3, -0.25) is 0 Å². The van der Waals surface area contributed by atoms with Crippen molar-refractivity contribution in [2.24, 2.45) is 0 Å².